The minimum Gasteiger partial charge on any atom is -0.368 e. The summed E-state index contributed by atoms with van der Waals surface area (Å²) in [5.74, 6) is 0.0892. The van der Waals surface area contributed by atoms with Crippen molar-refractivity contribution in [1.82, 2.24) is 14.2 Å². The molecule has 0 spiro atoms. The van der Waals surface area contributed by atoms with E-state index in [4.69, 9.17) is 0 Å². The second-order valence-electron chi connectivity index (χ2n) is 6.44. The van der Waals surface area contributed by atoms with Crippen LogP contribution in [0.25, 0.3) is 0 Å². The highest BCUT2D eigenvalue weighted by Gasteiger charge is 2.23. The molecule has 3 heterocycles. The van der Waals surface area contributed by atoms with Crippen molar-refractivity contribution in [1.29, 1.82) is 0 Å². The molecule has 3 rings (SSSR count). The molecule has 1 aliphatic heterocycles. The van der Waals surface area contributed by atoms with Crippen molar-refractivity contribution >= 4 is 33.0 Å². The van der Waals surface area contributed by atoms with Crippen LogP contribution in [0.2, 0.25) is 0 Å². The Kier molecular flexibility index (Phi) is 6.46. The van der Waals surface area contributed by atoms with E-state index in [1.54, 1.807) is 37.0 Å². The lowest BCUT2D eigenvalue weighted by Gasteiger charge is -2.36. The van der Waals surface area contributed by atoms with Gasteiger partial charge in [-0.25, -0.2) is 12.7 Å². The molecule has 2 aromatic rings. The van der Waals surface area contributed by atoms with Crippen LogP contribution in [0.15, 0.2) is 46.2 Å². The highest BCUT2D eigenvalue weighted by Crippen LogP contribution is 2.20. The highest BCUT2D eigenvalue weighted by molar-refractivity contribution is 7.91. The summed E-state index contributed by atoms with van der Waals surface area (Å²) in [6.07, 6.45) is 4.42. The Bertz CT molecular complexity index is 833. The van der Waals surface area contributed by atoms with Crippen molar-refractivity contribution in [3.8, 4) is 0 Å². The maximum atomic E-state index is 12.4. The van der Waals surface area contributed by atoms with Crippen LogP contribution >= 0.6 is 11.3 Å². The van der Waals surface area contributed by atoms with Gasteiger partial charge in [-0.2, -0.15) is 0 Å². The predicted octanol–water partition coefficient (Wildman–Crippen LogP) is 1.89. The lowest BCUT2D eigenvalue weighted by atomic mass is 10.2. The number of amides is 1. The van der Waals surface area contributed by atoms with Crippen molar-refractivity contribution in [3.63, 3.8) is 0 Å². The molecule has 146 valence electrons. The summed E-state index contributed by atoms with van der Waals surface area (Å²) in [6.45, 7) is 3.29. The molecule has 1 saturated heterocycles. The Hall–Kier alpha value is -1.97. The number of anilines is 1. The number of rotatable bonds is 7. The minimum atomic E-state index is -3.44. The Balaban J connectivity index is 1.43. The first kappa shape index (κ1) is 19.8. The monoisotopic (exact) mass is 408 g/mol. The van der Waals surface area contributed by atoms with Crippen LogP contribution in [0.5, 0.6) is 0 Å². The van der Waals surface area contributed by atoms with E-state index in [1.165, 1.54) is 15.6 Å². The molecule has 9 heteroatoms. The molecule has 27 heavy (non-hydrogen) atoms. The van der Waals surface area contributed by atoms with Gasteiger partial charge in [0.25, 0.3) is 10.0 Å². The van der Waals surface area contributed by atoms with Gasteiger partial charge in [-0.1, -0.05) is 6.07 Å². The number of aromatic nitrogens is 1. The quantitative estimate of drug-likeness (QED) is 0.700. The second kappa shape index (κ2) is 8.81. The molecule has 1 fully saturated rings. The van der Waals surface area contributed by atoms with Gasteiger partial charge in [-0.15, -0.1) is 11.3 Å². The number of pyridine rings is 1. The molecule has 0 saturated carbocycles. The van der Waals surface area contributed by atoms with Crippen molar-refractivity contribution in [2.45, 2.75) is 17.1 Å². The summed E-state index contributed by atoms with van der Waals surface area (Å²) in [5.41, 5.74) is 1.12. The summed E-state index contributed by atoms with van der Waals surface area (Å²) in [4.78, 5) is 20.6. The van der Waals surface area contributed by atoms with Gasteiger partial charge in [-0.3, -0.25) is 9.78 Å². The number of hydrogen-bond acceptors (Lipinski definition) is 6. The summed E-state index contributed by atoms with van der Waals surface area (Å²) in [7, 11) is -1.88. The molecule has 7 nitrogen and oxygen atoms in total. The zero-order valence-corrected chi connectivity index (χ0v) is 17.0. The SMILES string of the molecule is CN(CCCC(=O)N1CCN(c2ccncc2)CC1)S(=O)(=O)c1cccs1. The number of carbonyl (C=O) groups is 1. The number of sulfonamides is 1. The van der Waals surface area contributed by atoms with Gasteiger partial charge in [-0.05, 0) is 30.0 Å². The molecule has 0 aromatic carbocycles. The average Bonchev–Trinajstić information content (AvgIpc) is 3.24. The third kappa shape index (κ3) is 4.85. The molecule has 1 aliphatic rings. The third-order valence-corrected chi connectivity index (χ3v) is 7.91. The van der Waals surface area contributed by atoms with Crippen LogP contribution < -0.4 is 4.90 Å². The maximum Gasteiger partial charge on any atom is 0.252 e. The molecule has 0 radical (unpaired) electrons. The van der Waals surface area contributed by atoms with Crippen LogP contribution in [-0.4, -0.2) is 68.3 Å². The van der Waals surface area contributed by atoms with E-state index < -0.39 is 10.0 Å². The number of carbonyl (C=O) groups excluding carboxylic acids is 1. The van der Waals surface area contributed by atoms with Gasteiger partial charge in [0.2, 0.25) is 5.91 Å². The van der Waals surface area contributed by atoms with Crippen LogP contribution in [-0.2, 0) is 14.8 Å². The van der Waals surface area contributed by atoms with Gasteiger partial charge in [0, 0.05) is 64.3 Å². The molecular formula is C18H24N4O3S2. The van der Waals surface area contributed by atoms with E-state index in [0.29, 0.717) is 36.7 Å². The molecule has 0 bridgehead atoms. The van der Waals surface area contributed by atoms with Crippen LogP contribution in [0.4, 0.5) is 5.69 Å². The Morgan fingerprint density at radius 3 is 2.52 bits per heavy atom. The number of hydrogen-bond donors (Lipinski definition) is 0. The first-order valence-corrected chi connectivity index (χ1v) is 11.2. The minimum absolute atomic E-state index is 0.0892. The summed E-state index contributed by atoms with van der Waals surface area (Å²) in [5, 5.41) is 1.75. The maximum absolute atomic E-state index is 12.4. The van der Waals surface area contributed by atoms with E-state index >= 15 is 0 Å². The van der Waals surface area contributed by atoms with Crippen LogP contribution in [0.3, 0.4) is 0 Å². The van der Waals surface area contributed by atoms with Gasteiger partial charge in [0.15, 0.2) is 0 Å². The lowest BCUT2D eigenvalue weighted by Crippen LogP contribution is -2.48. The van der Waals surface area contributed by atoms with Crippen LogP contribution in [0, 0.1) is 0 Å². The number of thiophene rings is 1. The van der Waals surface area contributed by atoms with E-state index in [1.807, 2.05) is 17.0 Å². The zero-order valence-electron chi connectivity index (χ0n) is 15.3. The second-order valence-corrected chi connectivity index (χ2v) is 9.65. The van der Waals surface area contributed by atoms with E-state index in [2.05, 4.69) is 9.88 Å². The van der Waals surface area contributed by atoms with Crippen molar-refractivity contribution in [2.24, 2.45) is 0 Å². The predicted molar refractivity (Wildman–Crippen MR) is 106 cm³/mol. The molecule has 0 unspecified atom stereocenters. The lowest BCUT2D eigenvalue weighted by molar-refractivity contribution is -0.131. The molecule has 0 atom stereocenters. The Morgan fingerprint density at radius 2 is 1.89 bits per heavy atom. The van der Waals surface area contributed by atoms with Crippen molar-refractivity contribution in [2.75, 3.05) is 44.7 Å². The smallest absolute Gasteiger partial charge is 0.252 e. The molecule has 0 N–H and O–H groups in total. The van der Waals surface area contributed by atoms with Crippen molar-refractivity contribution in [3.05, 3.63) is 42.0 Å². The third-order valence-electron chi connectivity index (χ3n) is 4.68. The Morgan fingerprint density at radius 1 is 1.19 bits per heavy atom. The van der Waals surface area contributed by atoms with Crippen LogP contribution in [0.1, 0.15) is 12.8 Å². The Labute approximate surface area is 164 Å². The summed E-state index contributed by atoms with van der Waals surface area (Å²) >= 11 is 1.21. The van der Waals surface area contributed by atoms with E-state index in [-0.39, 0.29) is 5.91 Å². The van der Waals surface area contributed by atoms with Gasteiger partial charge in [0.05, 0.1) is 0 Å². The average molecular weight is 409 g/mol. The summed E-state index contributed by atoms with van der Waals surface area (Å²) in [6, 6.07) is 7.27. The molecule has 0 aliphatic carbocycles. The number of piperazine rings is 1. The standard InChI is InChI=1S/C18H24N4O3S2/c1-20(27(24,25)18-5-3-15-26-18)10-2-4-17(23)22-13-11-21(12-14-22)16-6-8-19-9-7-16/h3,5-9,15H,2,4,10-14H2,1H3. The number of nitrogens with zero attached hydrogens (tertiary/aromatic N) is 4. The summed E-state index contributed by atoms with van der Waals surface area (Å²) < 4.78 is 26.4. The normalized spacial score (nSPS) is 15.3. The van der Waals surface area contributed by atoms with E-state index in [0.717, 1.165) is 18.8 Å². The highest BCUT2D eigenvalue weighted by atomic mass is 32.2. The molecular weight excluding hydrogens is 384 g/mol. The zero-order chi connectivity index (χ0) is 19.3. The first-order valence-electron chi connectivity index (χ1n) is 8.91. The largest absolute Gasteiger partial charge is 0.368 e. The van der Waals surface area contributed by atoms with Gasteiger partial charge >= 0.3 is 0 Å². The fourth-order valence-electron chi connectivity index (χ4n) is 3.06. The van der Waals surface area contributed by atoms with Crippen molar-refractivity contribution < 1.29 is 13.2 Å². The fraction of sp³-hybridized carbons (Fsp3) is 0.444. The topological polar surface area (TPSA) is 73.8 Å². The van der Waals surface area contributed by atoms with E-state index in [9.17, 15) is 13.2 Å². The van der Waals surface area contributed by atoms with Gasteiger partial charge < -0.3 is 9.80 Å². The fourth-order valence-corrected chi connectivity index (χ4v) is 5.47. The molecule has 1 amide bonds. The first-order chi connectivity index (χ1) is 13.0. The van der Waals surface area contributed by atoms with Gasteiger partial charge in [0.1, 0.15) is 4.21 Å². The molecule has 2 aromatic heterocycles.